The predicted octanol–water partition coefficient (Wildman–Crippen LogP) is 5.77. The molecule has 0 fully saturated rings. The van der Waals surface area contributed by atoms with Crippen molar-refractivity contribution in [1.82, 2.24) is 9.97 Å². The molecule has 0 radical (unpaired) electrons. The molecule has 1 unspecified atom stereocenters. The molecule has 0 spiro atoms. The number of phenols is 1. The highest BCUT2D eigenvalue weighted by atomic mass is 19.1. The van der Waals surface area contributed by atoms with Gasteiger partial charge in [0.1, 0.15) is 0 Å². The largest absolute Gasteiger partial charge is 0.505 e. The molecule has 1 aromatic carbocycles. The number of ether oxygens (including phenoxy) is 1. The van der Waals surface area contributed by atoms with Crippen molar-refractivity contribution in [2.24, 2.45) is 0 Å². The van der Waals surface area contributed by atoms with Crippen LogP contribution in [0.25, 0.3) is 17.5 Å². The highest BCUT2D eigenvalue weighted by molar-refractivity contribution is 5.57. The van der Waals surface area contributed by atoms with Crippen LogP contribution in [0.2, 0.25) is 0 Å². The maximum absolute atomic E-state index is 13.4. The molecule has 27 heavy (non-hydrogen) atoms. The van der Waals surface area contributed by atoms with Crippen LogP contribution in [0.3, 0.4) is 0 Å². The van der Waals surface area contributed by atoms with Crippen LogP contribution in [-0.2, 0) is 4.74 Å². The lowest BCUT2D eigenvalue weighted by Gasteiger charge is -2.11. The van der Waals surface area contributed by atoms with Crippen molar-refractivity contribution in [1.29, 1.82) is 0 Å². The Morgan fingerprint density at radius 2 is 1.96 bits per heavy atom. The Morgan fingerprint density at radius 3 is 2.67 bits per heavy atom. The molecule has 5 heteroatoms. The van der Waals surface area contributed by atoms with E-state index in [1.807, 2.05) is 6.08 Å². The molecular weight excluding hydrogens is 343 g/mol. The number of benzene rings is 1. The summed E-state index contributed by atoms with van der Waals surface area (Å²) in [6.07, 6.45) is 14.6. The van der Waals surface area contributed by atoms with Gasteiger partial charge in [0.15, 0.2) is 17.4 Å². The molecular formula is C22H29FN2O2. The summed E-state index contributed by atoms with van der Waals surface area (Å²) in [4.78, 5) is 8.53. The maximum Gasteiger partial charge on any atom is 0.165 e. The molecule has 4 nitrogen and oxygen atoms in total. The summed E-state index contributed by atoms with van der Waals surface area (Å²) in [5, 5.41) is 9.24. The molecule has 2 rings (SSSR count). The number of rotatable bonds is 11. The number of nitrogens with zero attached hydrogens (tertiary/aromatic N) is 2. The van der Waals surface area contributed by atoms with E-state index in [0.717, 1.165) is 37.9 Å². The molecule has 0 saturated heterocycles. The van der Waals surface area contributed by atoms with Gasteiger partial charge in [0, 0.05) is 30.1 Å². The number of hydrogen-bond acceptors (Lipinski definition) is 4. The quantitative estimate of drug-likeness (QED) is 0.509. The van der Waals surface area contributed by atoms with Gasteiger partial charge in [-0.15, -0.1) is 0 Å². The third-order valence-electron chi connectivity index (χ3n) is 4.32. The fourth-order valence-corrected chi connectivity index (χ4v) is 2.68. The third-order valence-corrected chi connectivity index (χ3v) is 4.32. The maximum atomic E-state index is 13.4. The van der Waals surface area contributed by atoms with E-state index in [1.54, 1.807) is 18.5 Å². The second-order valence-corrected chi connectivity index (χ2v) is 6.73. The summed E-state index contributed by atoms with van der Waals surface area (Å²) in [6.45, 7) is 5.19. The molecule has 1 aromatic heterocycles. The Balaban J connectivity index is 1.73. The fraction of sp³-hybridized carbons (Fsp3) is 0.455. The van der Waals surface area contributed by atoms with Crippen LogP contribution in [0, 0.1) is 5.82 Å². The van der Waals surface area contributed by atoms with Crippen molar-refractivity contribution in [2.45, 2.75) is 58.5 Å². The summed E-state index contributed by atoms with van der Waals surface area (Å²) in [7, 11) is 0. The number of unbranched alkanes of at least 4 members (excludes halogenated alkanes) is 3. The Labute approximate surface area is 161 Å². The molecule has 146 valence electrons. The lowest BCUT2D eigenvalue weighted by molar-refractivity contribution is 0.0566. The normalized spacial score (nSPS) is 12.6. The molecule has 2 aromatic rings. The van der Waals surface area contributed by atoms with Crippen molar-refractivity contribution in [3.63, 3.8) is 0 Å². The summed E-state index contributed by atoms with van der Waals surface area (Å²) in [5.41, 5.74) is 1.44. The Morgan fingerprint density at radius 1 is 1.19 bits per heavy atom. The third kappa shape index (κ3) is 7.47. The molecule has 0 aliphatic heterocycles. The van der Waals surface area contributed by atoms with Crippen molar-refractivity contribution in [3.05, 3.63) is 48.0 Å². The number of halogens is 1. The molecule has 1 heterocycles. The second kappa shape index (κ2) is 11.4. The van der Waals surface area contributed by atoms with Crippen molar-refractivity contribution >= 4 is 6.08 Å². The standard InChI is InChI=1S/C22H29FN2O2/c1-3-4-8-13-27-17(2)9-6-5-7-10-18-15-24-22(25-16-18)19-11-12-21(26)20(23)14-19/h7,10-12,14-17,26H,3-6,8-9,13H2,1-2H3. The van der Waals surface area contributed by atoms with Gasteiger partial charge in [-0.05, 0) is 50.8 Å². The van der Waals surface area contributed by atoms with Gasteiger partial charge in [0.25, 0.3) is 0 Å². The van der Waals surface area contributed by atoms with Gasteiger partial charge in [0.2, 0.25) is 0 Å². The van der Waals surface area contributed by atoms with Crippen molar-refractivity contribution in [2.75, 3.05) is 6.61 Å². The number of allylic oxidation sites excluding steroid dienone is 1. The van der Waals surface area contributed by atoms with E-state index in [2.05, 4.69) is 29.9 Å². The van der Waals surface area contributed by atoms with E-state index >= 15 is 0 Å². The van der Waals surface area contributed by atoms with E-state index in [9.17, 15) is 9.50 Å². The van der Waals surface area contributed by atoms with Crippen LogP contribution in [0.15, 0.2) is 36.7 Å². The van der Waals surface area contributed by atoms with Crippen LogP contribution in [0.5, 0.6) is 5.75 Å². The average molecular weight is 372 g/mol. The van der Waals surface area contributed by atoms with Crippen LogP contribution in [0.4, 0.5) is 4.39 Å². The first-order valence-corrected chi connectivity index (χ1v) is 9.69. The van der Waals surface area contributed by atoms with E-state index in [1.165, 1.54) is 25.0 Å². The molecule has 0 bridgehead atoms. The van der Waals surface area contributed by atoms with Gasteiger partial charge < -0.3 is 9.84 Å². The zero-order valence-electron chi connectivity index (χ0n) is 16.2. The number of hydrogen-bond donors (Lipinski definition) is 1. The Bertz CT molecular complexity index is 717. The molecule has 0 saturated carbocycles. The smallest absolute Gasteiger partial charge is 0.165 e. The van der Waals surface area contributed by atoms with Gasteiger partial charge in [0.05, 0.1) is 6.10 Å². The van der Waals surface area contributed by atoms with Crippen LogP contribution < -0.4 is 0 Å². The topological polar surface area (TPSA) is 55.2 Å². The zero-order chi connectivity index (χ0) is 19.5. The summed E-state index contributed by atoms with van der Waals surface area (Å²) >= 11 is 0. The van der Waals surface area contributed by atoms with E-state index in [-0.39, 0.29) is 5.75 Å². The van der Waals surface area contributed by atoms with Crippen LogP contribution >= 0.6 is 0 Å². The average Bonchev–Trinajstić information content (AvgIpc) is 2.68. The number of phenolic OH excluding ortho intramolecular Hbond substituents is 1. The van der Waals surface area contributed by atoms with E-state index < -0.39 is 5.82 Å². The molecule has 0 aliphatic carbocycles. The Kier molecular flexibility index (Phi) is 8.92. The molecule has 0 amide bonds. The lowest BCUT2D eigenvalue weighted by Crippen LogP contribution is -2.08. The SMILES string of the molecule is CCCCCOC(C)CCCC=Cc1cnc(-c2ccc(O)c(F)c2)nc1. The minimum atomic E-state index is -0.677. The highest BCUT2D eigenvalue weighted by Crippen LogP contribution is 2.22. The highest BCUT2D eigenvalue weighted by Gasteiger charge is 2.06. The van der Waals surface area contributed by atoms with Crippen LogP contribution in [0.1, 0.15) is 57.9 Å². The van der Waals surface area contributed by atoms with Gasteiger partial charge in [-0.2, -0.15) is 0 Å². The van der Waals surface area contributed by atoms with Gasteiger partial charge in [-0.25, -0.2) is 14.4 Å². The van der Waals surface area contributed by atoms with Gasteiger partial charge in [-0.1, -0.05) is 31.9 Å². The fourth-order valence-electron chi connectivity index (χ4n) is 2.68. The van der Waals surface area contributed by atoms with E-state index in [4.69, 9.17) is 4.74 Å². The summed E-state index contributed by atoms with van der Waals surface area (Å²) in [6, 6.07) is 4.12. The first-order chi connectivity index (χ1) is 13.1. The zero-order valence-corrected chi connectivity index (χ0v) is 16.2. The van der Waals surface area contributed by atoms with Crippen molar-refractivity contribution < 1.29 is 14.2 Å². The first-order valence-electron chi connectivity index (χ1n) is 9.69. The summed E-state index contributed by atoms with van der Waals surface area (Å²) < 4.78 is 19.2. The Hall–Kier alpha value is -2.27. The second-order valence-electron chi connectivity index (χ2n) is 6.73. The number of aromatic hydroxyl groups is 1. The molecule has 1 atom stereocenters. The number of aromatic nitrogens is 2. The van der Waals surface area contributed by atoms with Crippen molar-refractivity contribution in [3.8, 4) is 17.1 Å². The summed E-state index contributed by atoms with van der Waals surface area (Å²) in [5.74, 6) is -0.622. The first kappa shape index (κ1) is 21.0. The molecule has 1 N–H and O–H groups in total. The monoisotopic (exact) mass is 372 g/mol. The lowest BCUT2D eigenvalue weighted by atomic mass is 10.1. The van der Waals surface area contributed by atoms with Crippen LogP contribution in [-0.4, -0.2) is 27.8 Å². The molecule has 0 aliphatic rings. The minimum Gasteiger partial charge on any atom is -0.505 e. The van der Waals surface area contributed by atoms with Gasteiger partial charge >= 0.3 is 0 Å². The van der Waals surface area contributed by atoms with Gasteiger partial charge in [-0.3, -0.25) is 0 Å². The van der Waals surface area contributed by atoms with E-state index in [0.29, 0.717) is 17.5 Å². The minimum absolute atomic E-state index is 0.309. The predicted molar refractivity (Wildman–Crippen MR) is 107 cm³/mol.